The minimum absolute atomic E-state index is 0.0591. The van der Waals surface area contributed by atoms with Crippen LogP contribution < -0.4 is 0 Å². The molecule has 3 N–H and O–H groups in total. The van der Waals surface area contributed by atoms with Gasteiger partial charge in [-0.3, -0.25) is 4.79 Å². The molecule has 0 amide bonds. The lowest BCUT2D eigenvalue weighted by atomic mass is 9.43. The summed E-state index contributed by atoms with van der Waals surface area (Å²) in [4.78, 5) is 11.1. The minimum atomic E-state index is -0.707. The van der Waals surface area contributed by atoms with Gasteiger partial charge < -0.3 is 15.3 Å². The van der Waals surface area contributed by atoms with Crippen LogP contribution in [0.2, 0.25) is 0 Å². The maximum Gasteiger partial charge on any atom is 0.303 e. The van der Waals surface area contributed by atoms with Crippen LogP contribution in [0.4, 0.5) is 0 Å². The Labute approximate surface area is 170 Å². The zero-order valence-corrected chi connectivity index (χ0v) is 17.9. The quantitative estimate of drug-likeness (QED) is 0.659. The molecule has 0 aromatic carbocycles. The molecule has 3 unspecified atom stereocenters. The number of hydrogen-bond donors (Lipinski definition) is 3. The molecule has 4 aliphatic rings. The lowest BCUT2D eigenvalue weighted by Crippen LogP contribution is -2.58. The van der Waals surface area contributed by atoms with E-state index < -0.39 is 5.97 Å². The van der Waals surface area contributed by atoms with E-state index in [1.165, 1.54) is 19.3 Å². The number of aliphatic hydroxyl groups is 2. The van der Waals surface area contributed by atoms with Crippen LogP contribution in [-0.4, -0.2) is 33.5 Å². The summed E-state index contributed by atoms with van der Waals surface area (Å²) < 4.78 is 0. The number of rotatable bonds is 4. The molecule has 160 valence electrons. The van der Waals surface area contributed by atoms with Crippen LogP contribution in [-0.2, 0) is 4.79 Å². The molecule has 4 saturated carbocycles. The fraction of sp³-hybridized carbons (Fsp3) is 0.958. The van der Waals surface area contributed by atoms with Gasteiger partial charge in [0, 0.05) is 6.42 Å². The molecule has 0 spiro atoms. The first kappa shape index (κ1) is 20.7. The lowest BCUT2D eigenvalue weighted by molar-refractivity contribution is -0.175. The number of aliphatic carboxylic acids is 1. The molecular formula is C24H40O4. The summed E-state index contributed by atoms with van der Waals surface area (Å²) in [6.45, 7) is 6.99. The lowest BCUT2D eigenvalue weighted by Gasteiger charge is -2.62. The van der Waals surface area contributed by atoms with Gasteiger partial charge >= 0.3 is 5.97 Å². The van der Waals surface area contributed by atoms with Gasteiger partial charge in [0.1, 0.15) is 0 Å². The van der Waals surface area contributed by atoms with Crippen molar-refractivity contribution in [1.29, 1.82) is 0 Å². The van der Waals surface area contributed by atoms with Crippen molar-refractivity contribution in [3.05, 3.63) is 0 Å². The molecule has 0 radical (unpaired) electrons. The SMILES string of the molecule is C[C@H](CCC(=O)O)C1CC[C@H]2C3CCC4C[C@H](O)CC[C@]4(C)[C@H]3C[C@H](O)[C@]12C. The fourth-order valence-corrected chi connectivity index (χ4v) is 8.71. The number of fused-ring (bicyclic) bond motifs is 5. The van der Waals surface area contributed by atoms with E-state index in [0.717, 1.165) is 38.5 Å². The van der Waals surface area contributed by atoms with Crippen molar-refractivity contribution < 1.29 is 20.1 Å². The second kappa shape index (κ2) is 7.27. The Balaban J connectivity index is 1.56. The molecule has 0 heterocycles. The molecule has 0 aliphatic heterocycles. The van der Waals surface area contributed by atoms with Gasteiger partial charge in [0.15, 0.2) is 0 Å². The smallest absolute Gasteiger partial charge is 0.303 e. The molecule has 4 nitrogen and oxygen atoms in total. The Hall–Kier alpha value is -0.610. The zero-order valence-electron chi connectivity index (χ0n) is 17.9. The summed E-state index contributed by atoms with van der Waals surface area (Å²) in [7, 11) is 0. The molecule has 4 aliphatic carbocycles. The van der Waals surface area contributed by atoms with Crippen molar-refractivity contribution in [3.8, 4) is 0 Å². The number of carboxylic acid groups (broad SMARTS) is 1. The topological polar surface area (TPSA) is 77.8 Å². The first-order chi connectivity index (χ1) is 13.2. The highest BCUT2D eigenvalue weighted by Gasteiger charge is 2.63. The Morgan fingerprint density at radius 3 is 2.50 bits per heavy atom. The van der Waals surface area contributed by atoms with E-state index in [-0.39, 0.29) is 29.5 Å². The Kier molecular flexibility index (Phi) is 5.36. The first-order valence-electron chi connectivity index (χ1n) is 11.8. The molecule has 0 aromatic rings. The van der Waals surface area contributed by atoms with Crippen molar-refractivity contribution in [1.82, 2.24) is 0 Å². The number of carbonyl (C=O) groups is 1. The van der Waals surface area contributed by atoms with Gasteiger partial charge in [-0.1, -0.05) is 20.8 Å². The highest BCUT2D eigenvalue weighted by atomic mass is 16.4. The third kappa shape index (κ3) is 3.05. The predicted molar refractivity (Wildman–Crippen MR) is 109 cm³/mol. The van der Waals surface area contributed by atoms with Gasteiger partial charge in [0.05, 0.1) is 12.2 Å². The third-order valence-electron chi connectivity index (χ3n) is 10.3. The molecule has 28 heavy (non-hydrogen) atoms. The van der Waals surface area contributed by atoms with Crippen LogP contribution in [0.1, 0.15) is 85.0 Å². The summed E-state index contributed by atoms with van der Waals surface area (Å²) in [5.41, 5.74) is 0.216. The Bertz CT molecular complexity index is 605. The third-order valence-corrected chi connectivity index (χ3v) is 10.3. The van der Waals surface area contributed by atoms with Gasteiger partial charge in [-0.2, -0.15) is 0 Å². The van der Waals surface area contributed by atoms with Crippen LogP contribution in [0, 0.1) is 46.3 Å². The molecule has 4 rings (SSSR count). The zero-order chi connectivity index (χ0) is 20.3. The van der Waals surface area contributed by atoms with Crippen LogP contribution in [0.25, 0.3) is 0 Å². The molecule has 0 saturated heterocycles. The number of hydrogen-bond acceptors (Lipinski definition) is 3. The highest BCUT2D eigenvalue weighted by Crippen LogP contribution is 2.68. The van der Waals surface area contributed by atoms with Crippen molar-refractivity contribution in [2.24, 2.45) is 46.3 Å². The van der Waals surface area contributed by atoms with Gasteiger partial charge in [-0.15, -0.1) is 0 Å². The summed E-state index contributed by atoms with van der Waals surface area (Å²) in [5.74, 6) is 2.55. The van der Waals surface area contributed by atoms with Crippen LogP contribution in [0.15, 0.2) is 0 Å². The average Bonchev–Trinajstić information content (AvgIpc) is 3.00. The van der Waals surface area contributed by atoms with Crippen molar-refractivity contribution >= 4 is 5.97 Å². The fourth-order valence-electron chi connectivity index (χ4n) is 8.71. The molecule has 4 heteroatoms. The maximum atomic E-state index is 11.5. The summed E-state index contributed by atoms with van der Waals surface area (Å²) in [6, 6.07) is 0. The van der Waals surface area contributed by atoms with E-state index >= 15 is 0 Å². The second-order valence-electron chi connectivity index (χ2n) is 11.3. The Morgan fingerprint density at radius 2 is 1.79 bits per heavy atom. The normalized spacial score (nSPS) is 51.7. The highest BCUT2D eigenvalue weighted by molar-refractivity contribution is 5.66. The van der Waals surface area contributed by atoms with Crippen LogP contribution in [0.5, 0.6) is 0 Å². The summed E-state index contributed by atoms with van der Waals surface area (Å²) in [5, 5.41) is 30.8. The molecule has 10 atom stereocenters. The van der Waals surface area contributed by atoms with Crippen LogP contribution in [0.3, 0.4) is 0 Å². The van der Waals surface area contributed by atoms with Gasteiger partial charge in [-0.25, -0.2) is 0 Å². The summed E-state index contributed by atoms with van der Waals surface area (Å²) in [6.07, 6.45) is 9.26. The first-order valence-corrected chi connectivity index (χ1v) is 11.8. The van der Waals surface area contributed by atoms with Crippen molar-refractivity contribution in [2.75, 3.05) is 0 Å². The van der Waals surface area contributed by atoms with E-state index in [9.17, 15) is 15.0 Å². The van der Waals surface area contributed by atoms with Gasteiger partial charge in [0.25, 0.3) is 0 Å². The summed E-state index contributed by atoms with van der Waals surface area (Å²) >= 11 is 0. The Morgan fingerprint density at radius 1 is 1.04 bits per heavy atom. The second-order valence-corrected chi connectivity index (χ2v) is 11.3. The van der Waals surface area contributed by atoms with E-state index in [0.29, 0.717) is 35.5 Å². The monoisotopic (exact) mass is 392 g/mol. The van der Waals surface area contributed by atoms with Crippen LogP contribution >= 0.6 is 0 Å². The van der Waals surface area contributed by atoms with E-state index in [2.05, 4.69) is 20.8 Å². The van der Waals surface area contributed by atoms with Crippen molar-refractivity contribution in [2.45, 2.75) is 97.2 Å². The van der Waals surface area contributed by atoms with E-state index in [1.54, 1.807) is 0 Å². The van der Waals surface area contributed by atoms with Gasteiger partial charge in [-0.05, 0) is 104 Å². The largest absolute Gasteiger partial charge is 0.481 e. The molecule has 0 aromatic heterocycles. The van der Waals surface area contributed by atoms with E-state index in [1.807, 2.05) is 0 Å². The van der Waals surface area contributed by atoms with Gasteiger partial charge in [0.2, 0.25) is 0 Å². The average molecular weight is 393 g/mol. The standard InChI is InChI=1S/C24H40O4/c1-14(4-9-22(27)28)18-7-8-19-17-6-5-15-12-16(25)10-11-23(15,2)20(17)13-21(26)24(18,19)3/h14-21,25-26H,4-13H2,1-3H3,(H,27,28)/t14-,15?,16-,17?,18?,19+,20+,21+,23+,24-/m1/s1. The van der Waals surface area contributed by atoms with E-state index in [4.69, 9.17) is 5.11 Å². The number of aliphatic hydroxyl groups excluding tert-OH is 2. The number of carboxylic acids is 1. The molecule has 4 fully saturated rings. The van der Waals surface area contributed by atoms with Crippen molar-refractivity contribution in [3.63, 3.8) is 0 Å². The predicted octanol–water partition coefficient (Wildman–Crippen LogP) is 4.48. The maximum absolute atomic E-state index is 11.5. The minimum Gasteiger partial charge on any atom is -0.481 e. The molecular weight excluding hydrogens is 352 g/mol. The molecule has 0 bridgehead atoms.